The monoisotopic (exact) mass is 607 g/mol. The number of fused-ring (bicyclic) bond motifs is 2. The van der Waals surface area contributed by atoms with Crippen LogP contribution in [0.3, 0.4) is 0 Å². The number of carbonyl (C=O) groups is 3. The molecule has 8 nitrogen and oxygen atoms in total. The molecule has 0 N–H and O–H groups in total. The lowest BCUT2D eigenvalue weighted by molar-refractivity contribution is -0.136. The molecule has 2 unspecified atom stereocenters. The van der Waals surface area contributed by atoms with Crippen LogP contribution in [-0.2, 0) is 25.7 Å². The Kier molecular flexibility index (Phi) is 7.05. The van der Waals surface area contributed by atoms with Gasteiger partial charge in [-0.1, -0.05) is 58.4 Å². The van der Waals surface area contributed by atoms with Crippen LogP contribution in [0.15, 0.2) is 52.3 Å². The second-order valence-corrected chi connectivity index (χ2v) is 12.2. The molecule has 1 aromatic heterocycles. The van der Waals surface area contributed by atoms with Crippen molar-refractivity contribution in [3.63, 3.8) is 0 Å². The summed E-state index contributed by atoms with van der Waals surface area (Å²) in [5, 5.41) is 0.0508. The van der Waals surface area contributed by atoms with Gasteiger partial charge in [0.15, 0.2) is 0 Å². The zero-order chi connectivity index (χ0) is 27.4. The summed E-state index contributed by atoms with van der Waals surface area (Å²) in [4.78, 5) is 56.8. The number of carbonyl (C=O) groups excluding carboxylic acids is 3. The van der Waals surface area contributed by atoms with Gasteiger partial charge in [-0.3, -0.25) is 23.7 Å². The van der Waals surface area contributed by atoms with Crippen molar-refractivity contribution in [2.24, 2.45) is 5.92 Å². The van der Waals surface area contributed by atoms with Crippen LogP contribution < -0.4 is 9.77 Å². The summed E-state index contributed by atoms with van der Waals surface area (Å²) in [5.41, 5.74) is 0.760. The Bertz CT molecular complexity index is 1550. The fraction of sp³-hybridized carbons (Fsp3) is 0.308. The first kappa shape index (κ1) is 26.5. The number of ether oxygens (including phenoxy) is 1. The Hall–Kier alpha value is -2.70. The topological polar surface area (TPSA) is 88.9 Å². The molecule has 0 saturated carbocycles. The minimum atomic E-state index is -0.895. The molecule has 13 heteroatoms. The summed E-state index contributed by atoms with van der Waals surface area (Å²) in [6, 6.07) is 10.2. The normalized spacial score (nSPS) is 22.7. The molecule has 0 bridgehead atoms. The molecule has 3 aliphatic rings. The molecule has 6 rings (SSSR count). The lowest BCUT2D eigenvalue weighted by Crippen LogP contribution is -2.43. The van der Waals surface area contributed by atoms with Crippen LogP contribution in [0, 0.1) is 11.7 Å². The highest BCUT2D eigenvalue weighted by Gasteiger charge is 2.57. The van der Waals surface area contributed by atoms with Crippen LogP contribution in [0.4, 0.5) is 10.1 Å². The summed E-state index contributed by atoms with van der Waals surface area (Å²) in [6.07, 6.45) is 0. The number of hydrogen-bond donors (Lipinski definition) is 0. The maximum absolute atomic E-state index is 13.9. The van der Waals surface area contributed by atoms with E-state index < -0.39 is 34.7 Å². The predicted octanol–water partition coefficient (Wildman–Crippen LogP) is 4.01. The standard InChI is InChI=1S/C26H20Cl2FN3O5S2/c27-16-3-1-2-15(20(16)28)18-19-21(24(35)32(23(19)34)14-6-4-13(29)5-7-14)38-25-22(18)39-26(36)31(25)12-17(33)30-8-10-37-11-9-30/h1-7,18-19,21H,8-12H2/t18-,19?,21?/m1/s1. The van der Waals surface area contributed by atoms with E-state index in [4.69, 9.17) is 27.9 Å². The van der Waals surface area contributed by atoms with Crippen molar-refractivity contribution in [2.45, 2.75) is 22.7 Å². The molecule has 0 radical (unpaired) electrons. The third-order valence-corrected chi connectivity index (χ3v) is 10.5. The number of thioether (sulfide) groups is 1. The Morgan fingerprint density at radius 3 is 2.46 bits per heavy atom. The molecule has 3 aliphatic heterocycles. The largest absolute Gasteiger partial charge is 0.378 e. The van der Waals surface area contributed by atoms with Crippen LogP contribution in [0.1, 0.15) is 16.4 Å². The van der Waals surface area contributed by atoms with Crippen LogP contribution in [0.5, 0.6) is 0 Å². The zero-order valence-electron chi connectivity index (χ0n) is 20.1. The van der Waals surface area contributed by atoms with Gasteiger partial charge in [0.2, 0.25) is 17.7 Å². The summed E-state index contributed by atoms with van der Waals surface area (Å²) in [6.45, 7) is 1.50. The number of morpholine rings is 1. The molecule has 0 aliphatic carbocycles. The molecular formula is C26H20Cl2FN3O5S2. The van der Waals surface area contributed by atoms with Gasteiger partial charge in [-0.05, 0) is 35.9 Å². The van der Waals surface area contributed by atoms with Gasteiger partial charge >= 0.3 is 4.87 Å². The number of hydrogen-bond acceptors (Lipinski definition) is 7. The molecule has 4 heterocycles. The second kappa shape index (κ2) is 10.4. The summed E-state index contributed by atoms with van der Waals surface area (Å²) in [5.74, 6) is -3.34. The van der Waals surface area contributed by atoms with E-state index in [1.165, 1.54) is 28.8 Å². The van der Waals surface area contributed by atoms with Gasteiger partial charge in [-0.25, -0.2) is 9.29 Å². The smallest absolute Gasteiger partial charge is 0.308 e. The number of imide groups is 1. The van der Waals surface area contributed by atoms with Crippen molar-refractivity contribution in [1.29, 1.82) is 0 Å². The van der Waals surface area contributed by atoms with E-state index in [-0.39, 0.29) is 33.1 Å². The van der Waals surface area contributed by atoms with E-state index in [1.807, 2.05) is 0 Å². The lowest BCUT2D eigenvalue weighted by Gasteiger charge is -2.31. The van der Waals surface area contributed by atoms with E-state index in [1.54, 1.807) is 23.1 Å². The average Bonchev–Trinajstić information content (AvgIpc) is 3.38. The van der Waals surface area contributed by atoms with Crippen molar-refractivity contribution in [2.75, 3.05) is 31.2 Å². The van der Waals surface area contributed by atoms with Crippen molar-refractivity contribution in [1.82, 2.24) is 9.47 Å². The van der Waals surface area contributed by atoms with Gasteiger partial charge in [0.25, 0.3) is 0 Å². The minimum Gasteiger partial charge on any atom is -0.378 e. The van der Waals surface area contributed by atoms with Gasteiger partial charge in [0.1, 0.15) is 17.6 Å². The van der Waals surface area contributed by atoms with E-state index in [0.717, 1.165) is 28.0 Å². The molecule has 3 amide bonds. The van der Waals surface area contributed by atoms with E-state index in [2.05, 4.69) is 0 Å². The second-order valence-electron chi connectivity index (χ2n) is 9.29. The number of benzene rings is 2. The third kappa shape index (κ3) is 4.50. The number of rotatable bonds is 4. The number of halogens is 3. The molecule has 2 saturated heterocycles. The first-order valence-electron chi connectivity index (χ1n) is 12.1. The lowest BCUT2D eigenvalue weighted by atomic mass is 9.83. The quantitative estimate of drug-likeness (QED) is 0.416. The molecule has 3 atom stereocenters. The Morgan fingerprint density at radius 1 is 1.03 bits per heavy atom. The van der Waals surface area contributed by atoms with Crippen molar-refractivity contribution < 1.29 is 23.5 Å². The Morgan fingerprint density at radius 2 is 1.74 bits per heavy atom. The van der Waals surface area contributed by atoms with Crippen LogP contribution >= 0.6 is 46.3 Å². The number of aromatic nitrogens is 1. The third-order valence-electron chi connectivity index (χ3n) is 7.11. The van der Waals surface area contributed by atoms with Gasteiger partial charge in [0.05, 0.1) is 39.9 Å². The van der Waals surface area contributed by atoms with Crippen LogP contribution in [-0.4, -0.2) is 58.7 Å². The van der Waals surface area contributed by atoms with Crippen LogP contribution in [0.2, 0.25) is 10.0 Å². The molecule has 2 aromatic carbocycles. The Labute approximate surface area is 240 Å². The van der Waals surface area contributed by atoms with E-state index in [9.17, 15) is 23.6 Å². The molecule has 202 valence electrons. The number of nitrogens with zero attached hydrogens (tertiary/aromatic N) is 3. The maximum atomic E-state index is 13.9. The zero-order valence-corrected chi connectivity index (χ0v) is 23.3. The number of thiazole rings is 1. The molecule has 3 aromatic rings. The maximum Gasteiger partial charge on any atom is 0.308 e. The fourth-order valence-electron chi connectivity index (χ4n) is 5.24. The highest BCUT2D eigenvalue weighted by Crippen LogP contribution is 2.55. The van der Waals surface area contributed by atoms with Crippen molar-refractivity contribution >= 4 is 69.7 Å². The molecule has 2 fully saturated rings. The first-order valence-corrected chi connectivity index (χ1v) is 14.5. The average molecular weight is 608 g/mol. The van der Waals surface area contributed by atoms with E-state index in [0.29, 0.717) is 41.8 Å². The number of anilines is 1. The summed E-state index contributed by atoms with van der Waals surface area (Å²) in [7, 11) is 0. The van der Waals surface area contributed by atoms with Crippen molar-refractivity contribution in [3.05, 3.63) is 78.4 Å². The highest BCUT2D eigenvalue weighted by atomic mass is 35.5. The predicted molar refractivity (Wildman–Crippen MR) is 146 cm³/mol. The number of amides is 3. The Balaban J connectivity index is 1.46. The highest BCUT2D eigenvalue weighted by molar-refractivity contribution is 8.00. The molecule has 39 heavy (non-hydrogen) atoms. The molecular weight excluding hydrogens is 588 g/mol. The summed E-state index contributed by atoms with van der Waals surface area (Å²) >= 11 is 15.0. The summed E-state index contributed by atoms with van der Waals surface area (Å²) < 4.78 is 20.3. The van der Waals surface area contributed by atoms with Gasteiger partial charge in [-0.15, -0.1) is 0 Å². The van der Waals surface area contributed by atoms with Crippen LogP contribution in [0.25, 0.3) is 0 Å². The van der Waals surface area contributed by atoms with E-state index >= 15 is 0 Å². The van der Waals surface area contributed by atoms with Crippen molar-refractivity contribution in [3.8, 4) is 0 Å². The van der Waals surface area contributed by atoms with Gasteiger partial charge in [-0.2, -0.15) is 0 Å². The fourth-order valence-corrected chi connectivity index (χ4v) is 8.43. The minimum absolute atomic E-state index is 0.200. The van der Waals surface area contributed by atoms with Gasteiger partial charge in [0, 0.05) is 23.9 Å². The SMILES string of the molecule is O=C(Cn1c2c(sc1=O)[C@H](c1cccc(Cl)c1Cl)C1C(=O)N(c3ccc(F)cc3)C(=O)C1S2)N1CCOCC1. The molecule has 0 spiro atoms. The van der Waals surface area contributed by atoms with Gasteiger partial charge < -0.3 is 9.64 Å². The first-order chi connectivity index (χ1) is 18.8.